The Hall–Kier alpha value is -4.16. The minimum absolute atomic E-state index is 0.251. The van der Waals surface area contributed by atoms with Crippen LogP contribution in [0.2, 0.25) is 0 Å². The van der Waals surface area contributed by atoms with Crippen molar-refractivity contribution in [1.29, 1.82) is 0 Å². The van der Waals surface area contributed by atoms with Crippen molar-refractivity contribution in [3.63, 3.8) is 0 Å². The third kappa shape index (κ3) is 7.74. The number of piperazine rings is 1. The first-order valence-corrected chi connectivity index (χ1v) is 13.4. The topological polar surface area (TPSA) is 98.4 Å². The summed E-state index contributed by atoms with van der Waals surface area (Å²) >= 11 is 0. The first kappa shape index (κ1) is 29.8. The standard InChI is InChI=1S/C29H36F2N6O4/c1-4-27(38)33-37-18-25(36-13-11-35(12-14-36)19-26(30)31)28(34-37)23-7-5-6-8-24(23)29(39)32-10-9-20-15-21(40-2)17-22(16-20)41-3/h4-8,15-17,26,34H,1,9-14,18-19H2,2-3H3,(H,32,39)(H,33,38). The Balaban J connectivity index is 1.52. The van der Waals surface area contributed by atoms with Crippen molar-refractivity contribution in [3.8, 4) is 11.5 Å². The van der Waals surface area contributed by atoms with E-state index >= 15 is 0 Å². The predicted octanol–water partition coefficient (Wildman–Crippen LogP) is 2.26. The molecule has 10 nitrogen and oxygen atoms in total. The molecular formula is C29H36F2N6O4. The molecule has 2 aromatic rings. The van der Waals surface area contributed by atoms with Gasteiger partial charge in [0.25, 0.3) is 18.2 Å². The van der Waals surface area contributed by atoms with Crippen LogP contribution < -0.4 is 25.6 Å². The number of benzene rings is 2. The Morgan fingerprint density at radius 1 is 1.07 bits per heavy atom. The van der Waals surface area contributed by atoms with E-state index in [4.69, 9.17) is 9.47 Å². The highest BCUT2D eigenvalue weighted by Crippen LogP contribution is 2.28. The lowest BCUT2D eigenvalue weighted by Crippen LogP contribution is -2.49. The Morgan fingerprint density at radius 2 is 1.76 bits per heavy atom. The lowest BCUT2D eigenvalue weighted by molar-refractivity contribution is -0.121. The van der Waals surface area contributed by atoms with Crippen LogP contribution in [-0.4, -0.2) is 93.2 Å². The van der Waals surface area contributed by atoms with Crippen molar-refractivity contribution in [2.45, 2.75) is 12.8 Å². The van der Waals surface area contributed by atoms with Crippen molar-refractivity contribution in [2.24, 2.45) is 0 Å². The number of carbonyl (C=O) groups excluding carboxylic acids is 2. The summed E-state index contributed by atoms with van der Waals surface area (Å²) in [7, 11) is 3.18. The summed E-state index contributed by atoms with van der Waals surface area (Å²) in [6, 6.07) is 12.8. The second kappa shape index (κ2) is 14.0. The molecular weight excluding hydrogens is 534 g/mol. The van der Waals surface area contributed by atoms with Gasteiger partial charge in [0.1, 0.15) is 11.5 Å². The van der Waals surface area contributed by atoms with Crippen LogP contribution in [0, 0.1) is 0 Å². The number of methoxy groups -OCH3 is 2. The zero-order valence-corrected chi connectivity index (χ0v) is 23.3. The van der Waals surface area contributed by atoms with Gasteiger partial charge in [0.05, 0.1) is 38.7 Å². The molecule has 0 aromatic heterocycles. The molecule has 0 radical (unpaired) electrons. The van der Waals surface area contributed by atoms with Gasteiger partial charge in [-0.05, 0) is 36.3 Å². The fourth-order valence-electron chi connectivity index (χ4n) is 4.91. The van der Waals surface area contributed by atoms with E-state index in [2.05, 4.69) is 27.6 Å². The van der Waals surface area contributed by atoms with Crippen LogP contribution in [-0.2, 0) is 11.2 Å². The van der Waals surface area contributed by atoms with Gasteiger partial charge >= 0.3 is 0 Å². The molecule has 41 heavy (non-hydrogen) atoms. The van der Waals surface area contributed by atoms with E-state index < -0.39 is 6.43 Å². The quantitative estimate of drug-likeness (QED) is 0.335. The van der Waals surface area contributed by atoms with Crippen LogP contribution in [0.5, 0.6) is 11.5 Å². The van der Waals surface area contributed by atoms with E-state index in [0.29, 0.717) is 74.0 Å². The highest BCUT2D eigenvalue weighted by Gasteiger charge is 2.31. The van der Waals surface area contributed by atoms with Gasteiger partial charge in [-0.1, -0.05) is 24.8 Å². The number of alkyl halides is 2. The molecule has 220 valence electrons. The Labute approximate surface area is 238 Å². The van der Waals surface area contributed by atoms with E-state index in [1.54, 1.807) is 37.3 Å². The molecule has 2 aromatic carbocycles. The first-order valence-electron chi connectivity index (χ1n) is 13.4. The SMILES string of the molecule is C=CC(=O)NN1CC(N2CCN(CC(F)F)CC2)=C(c2ccccc2C(=O)NCCc2cc(OC)cc(OC)c2)N1. The number of hydrazine groups is 2. The molecule has 0 spiro atoms. The van der Waals surface area contributed by atoms with Crippen molar-refractivity contribution >= 4 is 17.5 Å². The number of rotatable bonds is 12. The number of carbonyl (C=O) groups is 2. The molecule has 12 heteroatoms. The van der Waals surface area contributed by atoms with Crippen LogP contribution in [0.4, 0.5) is 8.78 Å². The largest absolute Gasteiger partial charge is 0.497 e. The van der Waals surface area contributed by atoms with E-state index in [0.717, 1.165) is 11.3 Å². The van der Waals surface area contributed by atoms with Gasteiger partial charge in [0.15, 0.2) is 0 Å². The van der Waals surface area contributed by atoms with Crippen LogP contribution >= 0.6 is 0 Å². The van der Waals surface area contributed by atoms with Crippen molar-refractivity contribution in [3.05, 3.63) is 77.5 Å². The summed E-state index contributed by atoms with van der Waals surface area (Å²) in [6.45, 7) is 5.99. The highest BCUT2D eigenvalue weighted by molar-refractivity contribution is 5.99. The first-order chi connectivity index (χ1) is 19.8. The molecule has 1 fully saturated rings. The minimum atomic E-state index is -2.38. The zero-order chi connectivity index (χ0) is 29.4. The lowest BCUT2D eigenvalue weighted by atomic mass is 10.0. The molecule has 2 amide bonds. The lowest BCUT2D eigenvalue weighted by Gasteiger charge is -2.36. The van der Waals surface area contributed by atoms with Crippen LogP contribution in [0.15, 0.2) is 60.8 Å². The number of nitrogens with one attached hydrogen (secondary N) is 3. The Bertz CT molecular complexity index is 1260. The molecule has 0 bridgehead atoms. The smallest absolute Gasteiger partial charge is 0.259 e. The molecule has 0 aliphatic carbocycles. The fraction of sp³-hybridized carbons (Fsp3) is 0.379. The minimum Gasteiger partial charge on any atom is -0.497 e. The van der Waals surface area contributed by atoms with Crippen molar-refractivity contribution in [1.82, 2.24) is 31.1 Å². The molecule has 1 saturated heterocycles. The van der Waals surface area contributed by atoms with Gasteiger partial charge in [0, 0.05) is 49.9 Å². The monoisotopic (exact) mass is 570 g/mol. The normalized spacial score (nSPS) is 16.0. The molecule has 4 rings (SSSR count). The van der Waals surface area contributed by atoms with E-state index in [-0.39, 0.29) is 18.4 Å². The van der Waals surface area contributed by atoms with Gasteiger partial charge in [-0.25, -0.2) is 8.78 Å². The second-order valence-corrected chi connectivity index (χ2v) is 9.65. The number of amides is 2. The predicted molar refractivity (Wildman–Crippen MR) is 151 cm³/mol. The summed E-state index contributed by atoms with van der Waals surface area (Å²) in [4.78, 5) is 29.3. The van der Waals surface area contributed by atoms with Crippen LogP contribution in [0.1, 0.15) is 21.5 Å². The van der Waals surface area contributed by atoms with Gasteiger partial charge < -0.3 is 19.7 Å². The average molecular weight is 571 g/mol. The molecule has 2 heterocycles. The molecule has 0 unspecified atom stereocenters. The third-order valence-corrected chi connectivity index (χ3v) is 6.98. The van der Waals surface area contributed by atoms with Crippen LogP contribution in [0.25, 0.3) is 5.70 Å². The van der Waals surface area contributed by atoms with Crippen LogP contribution in [0.3, 0.4) is 0 Å². The van der Waals surface area contributed by atoms with Crippen molar-refractivity contribution < 1.29 is 27.8 Å². The molecule has 0 saturated carbocycles. The Kier molecular flexibility index (Phi) is 10.1. The number of nitrogens with zero attached hydrogens (tertiary/aromatic N) is 3. The fourth-order valence-corrected chi connectivity index (χ4v) is 4.91. The summed E-state index contributed by atoms with van der Waals surface area (Å²) in [6.07, 6.45) is -0.648. The van der Waals surface area contributed by atoms with Gasteiger partial charge in [-0.3, -0.25) is 25.3 Å². The molecule has 0 atom stereocenters. The average Bonchev–Trinajstić information content (AvgIpc) is 3.40. The number of halogens is 2. The zero-order valence-electron chi connectivity index (χ0n) is 23.3. The van der Waals surface area contributed by atoms with Gasteiger partial charge in [-0.2, -0.15) is 0 Å². The number of hydrogen-bond acceptors (Lipinski definition) is 8. The number of ether oxygens (including phenoxy) is 2. The number of hydrogen-bond donors (Lipinski definition) is 3. The summed E-state index contributed by atoms with van der Waals surface area (Å²) in [5.41, 5.74) is 9.54. The second-order valence-electron chi connectivity index (χ2n) is 9.65. The van der Waals surface area contributed by atoms with Crippen molar-refractivity contribution in [2.75, 3.05) is 60.0 Å². The summed E-state index contributed by atoms with van der Waals surface area (Å²) in [5, 5.41) is 4.53. The summed E-state index contributed by atoms with van der Waals surface area (Å²) in [5.74, 6) is 0.705. The third-order valence-electron chi connectivity index (χ3n) is 6.98. The maximum Gasteiger partial charge on any atom is 0.259 e. The molecule has 3 N–H and O–H groups in total. The van der Waals surface area contributed by atoms with Gasteiger partial charge in [-0.15, -0.1) is 5.12 Å². The maximum absolute atomic E-state index is 13.4. The molecule has 2 aliphatic heterocycles. The summed E-state index contributed by atoms with van der Waals surface area (Å²) < 4.78 is 36.5. The van der Waals surface area contributed by atoms with Gasteiger partial charge in [0.2, 0.25) is 0 Å². The molecule has 2 aliphatic rings. The maximum atomic E-state index is 13.4. The van der Waals surface area contributed by atoms with E-state index in [9.17, 15) is 18.4 Å². The van der Waals surface area contributed by atoms with E-state index in [1.165, 1.54) is 11.2 Å². The Morgan fingerprint density at radius 3 is 2.39 bits per heavy atom. The van der Waals surface area contributed by atoms with E-state index in [1.807, 2.05) is 24.3 Å². The highest BCUT2D eigenvalue weighted by atomic mass is 19.3.